The van der Waals surface area contributed by atoms with Crippen molar-refractivity contribution in [3.63, 3.8) is 0 Å². The van der Waals surface area contributed by atoms with Crippen LogP contribution in [0.3, 0.4) is 0 Å². The van der Waals surface area contributed by atoms with Gasteiger partial charge >= 0.3 is 6.03 Å². The van der Waals surface area contributed by atoms with Crippen LogP contribution in [0.1, 0.15) is 25.7 Å². The second kappa shape index (κ2) is 6.95. The number of ether oxygens (including phenoxy) is 1. The molecule has 2 aliphatic rings. The summed E-state index contributed by atoms with van der Waals surface area (Å²) >= 11 is 0. The van der Waals surface area contributed by atoms with Crippen LogP contribution in [0.5, 0.6) is 0 Å². The first-order valence-corrected chi connectivity index (χ1v) is 7.06. The number of likely N-dealkylation sites (tertiary alicyclic amines) is 1. The highest BCUT2D eigenvalue weighted by molar-refractivity contribution is 5.73. The van der Waals surface area contributed by atoms with Gasteiger partial charge < -0.3 is 20.3 Å². The van der Waals surface area contributed by atoms with Gasteiger partial charge in [0.2, 0.25) is 0 Å². The van der Waals surface area contributed by atoms with Gasteiger partial charge in [0, 0.05) is 26.2 Å². The van der Waals surface area contributed by atoms with Crippen LogP contribution in [0.15, 0.2) is 0 Å². The molecule has 2 fully saturated rings. The van der Waals surface area contributed by atoms with Crippen LogP contribution >= 0.6 is 0 Å². The Morgan fingerprint density at radius 3 is 2.83 bits per heavy atom. The van der Waals surface area contributed by atoms with E-state index in [1.54, 1.807) is 0 Å². The Morgan fingerprint density at radius 2 is 2.11 bits per heavy atom. The second-order valence-corrected chi connectivity index (χ2v) is 5.50. The van der Waals surface area contributed by atoms with Crippen molar-refractivity contribution in [3.05, 3.63) is 0 Å². The van der Waals surface area contributed by atoms with Crippen LogP contribution in [0, 0.1) is 5.92 Å². The molecule has 0 aromatic rings. The lowest BCUT2D eigenvalue weighted by Crippen LogP contribution is -2.44. The summed E-state index contributed by atoms with van der Waals surface area (Å²) in [5.74, 6) is 0.595. The van der Waals surface area contributed by atoms with Crippen LogP contribution < -0.4 is 10.6 Å². The maximum Gasteiger partial charge on any atom is 0.314 e. The number of hydrogen-bond donors (Lipinski definition) is 2. The van der Waals surface area contributed by atoms with E-state index in [0.717, 1.165) is 32.5 Å². The van der Waals surface area contributed by atoms with Crippen molar-refractivity contribution in [3.8, 4) is 0 Å². The minimum absolute atomic E-state index is 0.0567. The number of carbonyl (C=O) groups excluding carboxylic acids is 1. The van der Waals surface area contributed by atoms with Gasteiger partial charge in [-0.3, -0.25) is 0 Å². The van der Waals surface area contributed by atoms with Crippen molar-refractivity contribution >= 4 is 6.03 Å². The fourth-order valence-electron chi connectivity index (χ4n) is 2.75. The molecule has 0 aromatic heterocycles. The molecule has 5 heteroatoms. The molecule has 2 saturated heterocycles. The van der Waals surface area contributed by atoms with Crippen molar-refractivity contribution < 1.29 is 9.53 Å². The number of hydrogen-bond acceptors (Lipinski definition) is 3. The van der Waals surface area contributed by atoms with Crippen LogP contribution in [-0.2, 0) is 4.74 Å². The van der Waals surface area contributed by atoms with Gasteiger partial charge in [-0.25, -0.2) is 4.79 Å². The molecule has 0 unspecified atom stereocenters. The van der Waals surface area contributed by atoms with Gasteiger partial charge in [0.05, 0.1) is 6.10 Å². The van der Waals surface area contributed by atoms with Gasteiger partial charge in [-0.15, -0.1) is 0 Å². The summed E-state index contributed by atoms with van der Waals surface area (Å²) in [5, 5.41) is 5.85. The molecule has 2 rings (SSSR count). The SMILES string of the molecule is CN1CCC[C@H](CNC(=O)NC[C@@H]2CCCO2)C1. The van der Waals surface area contributed by atoms with Crippen LogP contribution in [-0.4, -0.2) is 56.9 Å². The summed E-state index contributed by atoms with van der Waals surface area (Å²) in [6, 6.07) is -0.0567. The summed E-state index contributed by atoms with van der Waals surface area (Å²) in [5.41, 5.74) is 0. The van der Waals surface area contributed by atoms with Gasteiger partial charge in [0.1, 0.15) is 0 Å². The Bertz CT molecular complexity index is 267. The van der Waals surface area contributed by atoms with E-state index in [-0.39, 0.29) is 12.1 Å². The quantitative estimate of drug-likeness (QED) is 0.781. The zero-order valence-electron chi connectivity index (χ0n) is 11.3. The highest BCUT2D eigenvalue weighted by Gasteiger charge is 2.19. The molecule has 2 atom stereocenters. The molecule has 0 spiro atoms. The fourth-order valence-corrected chi connectivity index (χ4v) is 2.75. The molecule has 104 valence electrons. The Hall–Kier alpha value is -0.810. The molecular formula is C13H25N3O2. The first-order valence-electron chi connectivity index (χ1n) is 7.06. The number of urea groups is 1. The summed E-state index contributed by atoms with van der Waals surface area (Å²) in [7, 11) is 2.14. The molecule has 0 bridgehead atoms. The number of nitrogens with one attached hydrogen (secondary N) is 2. The van der Waals surface area contributed by atoms with E-state index in [1.165, 1.54) is 19.4 Å². The second-order valence-electron chi connectivity index (χ2n) is 5.50. The smallest absolute Gasteiger partial charge is 0.314 e. The Labute approximate surface area is 109 Å². The van der Waals surface area contributed by atoms with E-state index in [9.17, 15) is 4.79 Å². The third kappa shape index (κ3) is 4.46. The predicted molar refractivity (Wildman–Crippen MR) is 70.6 cm³/mol. The van der Waals surface area contributed by atoms with Gasteiger partial charge in [0.25, 0.3) is 0 Å². The molecule has 2 N–H and O–H groups in total. The first kappa shape index (κ1) is 13.6. The Morgan fingerprint density at radius 1 is 1.28 bits per heavy atom. The lowest BCUT2D eigenvalue weighted by molar-refractivity contribution is 0.111. The third-order valence-electron chi connectivity index (χ3n) is 3.79. The minimum Gasteiger partial charge on any atom is -0.376 e. The lowest BCUT2D eigenvalue weighted by Gasteiger charge is -2.29. The third-order valence-corrected chi connectivity index (χ3v) is 3.79. The van der Waals surface area contributed by atoms with Crippen molar-refractivity contribution in [1.29, 1.82) is 0 Å². The normalized spacial score (nSPS) is 29.2. The average Bonchev–Trinajstić information content (AvgIpc) is 2.87. The zero-order chi connectivity index (χ0) is 12.8. The van der Waals surface area contributed by atoms with Crippen molar-refractivity contribution in [1.82, 2.24) is 15.5 Å². The number of rotatable bonds is 4. The van der Waals surface area contributed by atoms with Crippen LogP contribution in [0.4, 0.5) is 4.79 Å². The van der Waals surface area contributed by atoms with Crippen molar-refractivity contribution in [2.45, 2.75) is 31.8 Å². The summed E-state index contributed by atoms with van der Waals surface area (Å²) < 4.78 is 5.46. The van der Waals surface area contributed by atoms with E-state index in [2.05, 4.69) is 22.6 Å². The largest absolute Gasteiger partial charge is 0.376 e. The van der Waals surface area contributed by atoms with E-state index < -0.39 is 0 Å². The highest BCUT2D eigenvalue weighted by Crippen LogP contribution is 2.13. The van der Waals surface area contributed by atoms with Gasteiger partial charge in [-0.05, 0) is 45.2 Å². The highest BCUT2D eigenvalue weighted by atomic mass is 16.5. The Balaban J connectivity index is 1.56. The molecule has 0 saturated carbocycles. The predicted octanol–water partition coefficient (Wildman–Crippen LogP) is 0.806. The van der Waals surface area contributed by atoms with E-state index in [1.807, 2.05) is 0 Å². The first-order chi connectivity index (χ1) is 8.74. The molecule has 0 radical (unpaired) electrons. The van der Waals surface area contributed by atoms with Gasteiger partial charge in [-0.1, -0.05) is 0 Å². The summed E-state index contributed by atoms with van der Waals surface area (Å²) in [6.45, 7) is 4.52. The molecule has 2 heterocycles. The topological polar surface area (TPSA) is 53.6 Å². The van der Waals surface area contributed by atoms with Crippen LogP contribution in [0.25, 0.3) is 0 Å². The minimum atomic E-state index is -0.0567. The molecule has 0 aliphatic carbocycles. The van der Waals surface area contributed by atoms with E-state index >= 15 is 0 Å². The number of piperidine rings is 1. The number of amides is 2. The number of nitrogens with zero attached hydrogens (tertiary/aromatic N) is 1. The zero-order valence-corrected chi connectivity index (χ0v) is 11.3. The van der Waals surface area contributed by atoms with E-state index in [4.69, 9.17) is 4.74 Å². The molecule has 5 nitrogen and oxygen atoms in total. The van der Waals surface area contributed by atoms with Crippen molar-refractivity contribution in [2.75, 3.05) is 39.8 Å². The standard InChI is InChI=1S/C13H25N3O2/c1-16-6-2-4-11(10-16)8-14-13(17)15-9-12-5-3-7-18-12/h11-12H,2-10H2,1H3,(H2,14,15,17)/t11-,12+/m1/s1. The average molecular weight is 255 g/mol. The number of carbonyl (C=O) groups is 1. The maximum absolute atomic E-state index is 11.6. The molecule has 18 heavy (non-hydrogen) atoms. The Kier molecular flexibility index (Phi) is 5.26. The lowest BCUT2D eigenvalue weighted by atomic mass is 9.99. The van der Waals surface area contributed by atoms with Crippen molar-refractivity contribution in [2.24, 2.45) is 5.92 Å². The molecular weight excluding hydrogens is 230 g/mol. The van der Waals surface area contributed by atoms with Gasteiger partial charge in [0.15, 0.2) is 0 Å². The van der Waals surface area contributed by atoms with Gasteiger partial charge in [-0.2, -0.15) is 0 Å². The van der Waals surface area contributed by atoms with Crippen LogP contribution in [0.2, 0.25) is 0 Å². The molecule has 2 amide bonds. The summed E-state index contributed by atoms with van der Waals surface area (Å²) in [4.78, 5) is 14.0. The monoisotopic (exact) mass is 255 g/mol. The maximum atomic E-state index is 11.6. The van der Waals surface area contributed by atoms with E-state index in [0.29, 0.717) is 12.5 Å². The molecule has 0 aromatic carbocycles. The molecule has 2 aliphatic heterocycles. The summed E-state index contributed by atoms with van der Waals surface area (Å²) in [6.07, 6.45) is 4.85. The fraction of sp³-hybridized carbons (Fsp3) is 0.923.